The summed E-state index contributed by atoms with van der Waals surface area (Å²) in [5, 5.41) is 4.05. The van der Waals surface area contributed by atoms with Crippen molar-refractivity contribution in [3.05, 3.63) is 22.4 Å². The van der Waals surface area contributed by atoms with Crippen molar-refractivity contribution < 1.29 is 8.42 Å². The Morgan fingerprint density at radius 3 is 2.62 bits per heavy atom. The number of sulfonamides is 1. The van der Waals surface area contributed by atoms with E-state index in [4.69, 9.17) is 0 Å². The standard InChI is InChI=1S/C10H18N2O2S2/c1-4-16(13,14)11-7-10(12(2)3)9-5-6-15-8-9/h5-6,8,10-11H,4,7H2,1-3H3. The summed E-state index contributed by atoms with van der Waals surface area (Å²) < 4.78 is 25.4. The second-order valence-corrected chi connectivity index (χ2v) is 6.66. The third kappa shape index (κ3) is 3.86. The van der Waals surface area contributed by atoms with E-state index in [-0.39, 0.29) is 11.8 Å². The van der Waals surface area contributed by atoms with Crippen molar-refractivity contribution in [1.82, 2.24) is 9.62 Å². The zero-order valence-electron chi connectivity index (χ0n) is 9.80. The molecule has 1 unspecified atom stereocenters. The Kier molecular flexibility index (Phi) is 4.91. The van der Waals surface area contributed by atoms with Crippen LogP contribution in [0.2, 0.25) is 0 Å². The third-order valence-corrected chi connectivity index (χ3v) is 4.50. The third-order valence-electron chi connectivity index (χ3n) is 2.43. The van der Waals surface area contributed by atoms with Crippen LogP contribution in [0, 0.1) is 0 Å². The van der Waals surface area contributed by atoms with Gasteiger partial charge in [-0.1, -0.05) is 0 Å². The Bertz CT molecular complexity index is 398. The molecule has 0 aliphatic carbocycles. The molecular formula is C10H18N2O2S2. The molecule has 0 fully saturated rings. The van der Waals surface area contributed by atoms with Crippen LogP contribution in [-0.2, 0) is 10.0 Å². The summed E-state index contributed by atoms with van der Waals surface area (Å²) in [6, 6.07) is 2.11. The van der Waals surface area contributed by atoms with Gasteiger partial charge in [-0.3, -0.25) is 0 Å². The molecule has 0 spiro atoms. The van der Waals surface area contributed by atoms with E-state index < -0.39 is 10.0 Å². The number of hydrogen-bond acceptors (Lipinski definition) is 4. The van der Waals surface area contributed by atoms with Gasteiger partial charge in [0.05, 0.1) is 5.75 Å². The highest BCUT2D eigenvalue weighted by atomic mass is 32.2. The van der Waals surface area contributed by atoms with Crippen molar-refractivity contribution in [1.29, 1.82) is 0 Å². The summed E-state index contributed by atoms with van der Waals surface area (Å²) in [4.78, 5) is 2.01. The normalized spacial score (nSPS) is 14.2. The molecule has 0 saturated carbocycles. The molecule has 6 heteroatoms. The SMILES string of the molecule is CCS(=O)(=O)NCC(c1ccsc1)N(C)C. The second kappa shape index (κ2) is 5.77. The molecule has 0 amide bonds. The van der Waals surface area contributed by atoms with Crippen molar-refractivity contribution >= 4 is 21.4 Å². The van der Waals surface area contributed by atoms with Gasteiger partial charge in [-0.2, -0.15) is 11.3 Å². The molecule has 16 heavy (non-hydrogen) atoms. The fourth-order valence-electron chi connectivity index (χ4n) is 1.37. The average molecular weight is 262 g/mol. The molecule has 1 aromatic heterocycles. The molecule has 0 aliphatic heterocycles. The van der Waals surface area contributed by atoms with Crippen LogP contribution in [0.15, 0.2) is 16.8 Å². The van der Waals surface area contributed by atoms with E-state index in [0.29, 0.717) is 6.54 Å². The molecule has 1 heterocycles. The molecule has 92 valence electrons. The monoisotopic (exact) mass is 262 g/mol. The quantitative estimate of drug-likeness (QED) is 0.840. The van der Waals surface area contributed by atoms with Gasteiger partial charge in [-0.25, -0.2) is 13.1 Å². The van der Waals surface area contributed by atoms with Gasteiger partial charge in [0.2, 0.25) is 10.0 Å². The van der Waals surface area contributed by atoms with Gasteiger partial charge in [-0.15, -0.1) is 0 Å². The van der Waals surface area contributed by atoms with Crippen molar-refractivity contribution in [3.63, 3.8) is 0 Å². The fraction of sp³-hybridized carbons (Fsp3) is 0.600. The maximum Gasteiger partial charge on any atom is 0.211 e. The molecule has 1 N–H and O–H groups in total. The van der Waals surface area contributed by atoms with Gasteiger partial charge in [0, 0.05) is 12.6 Å². The van der Waals surface area contributed by atoms with E-state index in [2.05, 4.69) is 4.72 Å². The molecule has 0 saturated heterocycles. The lowest BCUT2D eigenvalue weighted by Crippen LogP contribution is -2.35. The number of nitrogens with zero attached hydrogens (tertiary/aromatic N) is 1. The molecule has 0 radical (unpaired) electrons. The predicted octanol–water partition coefficient (Wildman–Crippen LogP) is 1.29. The molecule has 1 atom stereocenters. The van der Waals surface area contributed by atoms with Gasteiger partial charge >= 0.3 is 0 Å². The van der Waals surface area contributed by atoms with Crippen LogP contribution >= 0.6 is 11.3 Å². The Morgan fingerprint density at radius 2 is 2.19 bits per heavy atom. The Balaban J connectivity index is 2.68. The molecule has 4 nitrogen and oxygen atoms in total. The summed E-state index contributed by atoms with van der Waals surface area (Å²) in [5.74, 6) is 0.122. The van der Waals surface area contributed by atoms with Gasteiger partial charge in [0.25, 0.3) is 0 Å². The average Bonchev–Trinajstić information content (AvgIpc) is 2.71. The van der Waals surface area contributed by atoms with Gasteiger partial charge in [0.15, 0.2) is 0 Å². The molecule has 0 aromatic carbocycles. The number of rotatable bonds is 6. The van der Waals surface area contributed by atoms with Crippen molar-refractivity contribution in [2.45, 2.75) is 13.0 Å². The van der Waals surface area contributed by atoms with E-state index in [1.165, 1.54) is 0 Å². The van der Waals surface area contributed by atoms with Crippen LogP contribution in [0.4, 0.5) is 0 Å². The van der Waals surface area contributed by atoms with Crippen LogP contribution in [0.1, 0.15) is 18.5 Å². The lowest BCUT2D eigenvalue weighted by atomic mass is 10.1. The zero-order chi connectivity index (χ0) is 12.2. The van der Waals surface area contributed by atoms with Crippen LogP contribution < -0.4 is 4.72 Å². The first kappa shape index (κ1) is 13.6. The number of thiophene rings is 1. The van der Waals surface area contributed by atoms with E-state index in [1.807, 2.05) is 35.8 Å². The predicted molar refractivity (Wildman–Crippen MR) is 68.2 cm³/mol. The summed E-state index contributed by atoms with van der Waals surface area (Å²) in [6.45, 7) is 2.05. The summed E-state index contributed by atoms with van der Waals surface area (Å²) >= 11 is 1.62. The number of likely N-dealkylation sites (N-methyl/N-ethyl adjacent to an activating group) is 1. The van der Waals surface area contributed by atoms with Crippen LogP contribution in [-0.4, -0.2) is 39.7 Å². The van der Waals surface area contributed by atoms with E-state index in [1.54, 1.807) is 18.3 Å². The van der Waals surface area contributed by atoms with Crippen LogP contribution in [0.5, 0.6) is 0 Å². The Hall–Kier alpha value is -0.430. The number of nitrogens with one attached hydrogen (secondary N) is 1. The fourth-order valence-corrected chi connectivity index (χ4v) is 2.69. The molecular weight excluding hydrogens is 244 g/mol. The first-order valence-electron chi connectivity index (χ1n) is 5.12. The van der Waals surface area contributed by atoms with E-state index >= 15 is 0 Å². The maximum absolute atomic E-state index is 11.4. The smallest absolute Gasteiger partial charge is 0.211 e. The van der Waals surface area contributed by atoms with Crippen LogP contribution in [0.25, 0.3) is 0 Å². The topological polar surface area (TPSA) is 49.4 Å². The summed E-state index contributed by atoms with van der Waals surface area (Å²) in [5.41, 5.74) is 1.15. The maximum atomic E-state index is 11.4. The highest BCUT2D eigenvalue weighted by Gasteiger charge is 2.17. The Labute approximate surface area is 101 Å². The summed E-state index contributed by atoms with van der Waals surface area (Å²) in [6.07, 6.45) is 0. The minimum atomic E-state index is -3.11. The molecule has 0 aliphatic rings. The lowest BCUT2D eigenvalue weighted by Gasteiger charge is -2.23. The number of hydrogen-bond donors (Lipinski definition) is 1. The van der Waals surface area contributed by atoms with E-state index in [9.17, 15) is 8.42 Å². The molecule has 0 bridgehead atoms. The van der Waals surface area contributed by atoms with Gasteiger partial charge < -0.3 is 4.90 Å². The highest BCUT2D eigenvalue weighted by Crippen LogP contribution is 2.20. The lowest BCUT2D eigenvalue weighted by molar-refractivity contribution is 0.300. The van der Waals surface area contributed by atoms with Crippen molar-refractivity contribution in [3.8, 4) is 0 Å². The van der Waals surface area contributed by atoms with Crippen LogP contribution in [0.3, 0.4) is 0 Å². The van der Waals surface area contributed by atoms with Crippen molar-refractivity contribution in [2.75, 3.05) is 26.4 Å². The molecule has 1 rings (SSSR count). The molecule has 1 aromatic rings. The zero-order valence-corrected chi connectivity index (χ0v) is 11.4. The largest absolute Gasteiger partial charge is 0.301 e. The van der Waals surface area contributed by atoms with E-state index in [0.717, 1.165) is 5.56 Å². The van der Waals surface area contributed by atoms with Gasteiger partial charge in [0.1, 0.15) is 0 Å². The minimum absolute atomic E-state index is 0.0903. The summed E-state index contributed by atoms with van der Waals surface area (Å²) in [7, 11) is 0.782. The van der Waals surface area contributed by atoms with Crippen molar-refractivity contribution in [2.24, 2.45) is 0 Å². The first-order valence-corrected chi connectivity index (χ1v) is 7.71. The first-order chi connectivity index (χ1) is 7.46. The Morgan fingerprint density at radius 1 is 1.50 bits per heavy atom. The van der Waals surface area contributed by atoms with Gasteiger partial charge in [-0.05, 0) is 43.4 Å². The highest BCUT2D eigenvalue weighted by molar-refractivity contribution is 7.89. The second-order valence-electron chi connectivity index (χ2n) is 3.79. The minimum Gasteiger partial charge on any atom is -0.301 e.